The van der Waals surface area contributed by atoms with E-state index >= 15 is 0 Å². The highest BCUT2D eigenvalue weighted by Crippen LogP contribution is 2.32. The molecule has 5 aromatic rings. The molecule has 0 amide bonds. The maximum absolute atomic E-state index is 6.06. The van der Waals surface area contributed by atoms with Gasteiger partial charge in [-0.2, -0.15) is 5.10 Å². The number of hydrogen-bond acceptors (Lipinski definition) is 5. The summed E-state index contributed by atoms with van der Waals surface area (Å²) in [7, 11) is 0. The zero-order valence-corrected chi connectivity index (χ0v) is 16.4. The molecule has 0 unspecified atom stereocenters. The standard InChI is InChI=1S/C21H18N4OS/c1-11-7-12(2)19-17(8-11)22-20(26-19)15-5-6-16-18(10-15)27-21(23-16)25-14(4)9-13(3)24-25/h5-10H,1-4H3. The molecule has 0 spiro atoms. The SMILES string of the molecule is Cc1cc(C)c2oc(-c3ccc4nc(-n5nc(C)cc5C)sc4c3)nc2c1. The van der Waals surface area contributed by atoms with Crippen molar-refractivity contribution in [2.24, 2.45) is 0 Å². The van der Waals surface area contributed by atoms with Crippen LogP contribution in [0, 0.1) is 27.7 Å². The third-order valence-electron chi connectivity index (χ3n) is 4.63. The molecule has 0 aliphatic heterocycles. The summed E-state index contributed by atoms with van der Waals surface area (Å²) in [6, 6.07) is 12.4. The van der Waals surface area contributed by atoms with E-state index in [0.29, 0.717) is 5.89 Å². The minimum Gasteiger partial charge on any atom is -0.436 e. The first-order chi connectivity index (χ1) is 13.0. The summed E-state index contributed by atoms with van der Waals surface area (Å²) < 4.78 is 9.04. The number of benzene rings is 2. The van der Waals surface area contributed by atoms with Gasteiger partial charge in [-0.1, -0.05) is 17.4 Å². The lowest BCUT2D eigenvalue weighted by Gasteiger charge is -1.96. The van der Waals surface area contributed by atoms with E-state index in [1.807, 2.05) is 30.7 Å². The van der Waals surface area contributed by atoms with Crippen molar-refractivity contribution in [1.29, 1.82) is 0 Å². The number of aryl methyl sites for hydroxylation is 4. The molecule has 0 bridgehead atoms. The van der Waals surface area contributed by atoms with Gasteiger partial charge in [0.15, 0.2) is 5.58 Å². The van der Waals surface area contributed by atoms with Crippen LogP contribution in [-0.2, 0) is 0 Å². The second-order valence-electron chi connectivity index (χ2n) is 6.97. The van der Waals surface area contributed by atoms with Crippen molar-refractivity contribution in [3.8, 4) is 16.6 Å². The van der Waals surface area contributed by atoms with E-state index in [-0.39, 0.29) is 0 Å². The summed E-state index contributed by atoms with van der Waals surface area (Å²) in [5.74, 6) is 0.640. The van der Waals surface area contributed by atoms with Crippen LogP contribution in [0.3, 0.4) is 0 Å². The van der Waals surface area contributed by atoms with Crippen LogP contribution in [0.2, 0.25) is 0 Å². The van der Waals surface area contributed by atoms with Crippen molar-refractivity contribution < 1.29 is 4.42 Å². The molecular weight excluding hydrogens is 356 g/mol. The molecule has 5 rings (SSSR count). The topological polar surface area (TPSA) is 56.7 Å². The maximum atomic E-state index is 6.06. The number of hydrogen-bond donors (Lipinski definition) is 0. The third kappa shape index (κ3) is 2.64. The van der Waals surface area contributed by atoms with E-state index in [1.54, 1.807) is 11.3 Å². The van der Waals surface area contributed by atoms with Crippen molar-refractivity contribution in [3.63, 3.8) is 0 Å². The van der Waals surface area contributed by atoms with Crippen LogP contribution in [0.15, 0.2) is 40.8 Å². The second-order valence-corrected chi connectivity index (χ2v) is 7.98. The summed E-state index contributed by atoms with van der Waals surface area (Å²) >= 11 is 1.62. The fourth-order valence-electron chi connectivity index (χ4n) is 3.46. The Hall–Kier alpha value is -2.99. The van der Waals surface area contributed by atoms with Crippen molar-refractivity contribution >= 4 is 32.7 Å². The Labute approximate surface area is 160 Å². The molecule has 3 aromatic heterocycles. The smallest absolute Gasteiger partial charge is 0.227 e. The Balaban J connectivity index is 1.62. The van der Waals surface area contributed by atoms with E-state index in [2.05, 4.69) is 43.2 Å². The van der Waals surface area contributed by atoms with Crippen LogP contribution in [0.25, 0.3) is 37.9 Å². The lowest BCUT2D eigenvalue weighted by atomic mass is 10.1. The molecule has 3 heterocycles. The predicted molar refractivity (Wildman–Crippen MR) is 109 cm³/mol. The minimum atomic E-state index is 0.640. The molecule has 0 atom stereocenters. The highest BCUT2D eigenvalue weighted by Gasteiger charge is 2.14. The summed E-state index contributed by atoms with van der Waals surface area (Å²) in [5, 5.41) is 5.41. The van der Waals surface area contributed by atoms with Gasteiger partial charge >= 0.3 is 0 Å². The van der Waals surface area contributed by atoms with Crippen LogP contribution < -0.4 is 0 Å². The fourth-order valence-corrected chi connectivity index (χ4v) is 4.47. The van der Waals surface area contributed by atoms with Gasteiger partial charge in [0.1, 0.15) is 5.52 Å². The Morgan fingerprint density at radius 2 is 1.78 bits per heavy atom. The number of aromatic nitrogens is 4. The van der Waals surface area contributed by atoms with Crippen molar-refractivity contribution in [2.75, 3.05) is 0 Å². The zero-order valence-electron chi connectivity index (χ0n) is 15.6. The molecule has 0 N–H and O–H groups in total. The van der Waals surface area contributed by atoms with Crippen LogP contribution in [0.5, 0.6) is 0 Å². The third-order valence-corrected chi connectivity index (χ3v) is 5.63. The van der Waals surface area contributed by atoms with Crippen LogP contribution in [0.4, 0.5) is 0 Å². The molecule has 6 heteroatoms. The van der Waals surface area contributed by atoms with Crippen molar-refractivity contribution in [3.05, 3.63) is 58.9 Å². The molecule has 0 saturated heterocycles. The highest BCUT2D eigenvalue weighted by atomic mass is 32.1. The first kappa shape index (κ1) is 16.2. The average molecular weight is 374 g/mol. The first-order valence-corrected chi connectivity index (χ1v) is 9.62. The summed E-state index contributed by atoms with van der Waals surface area (Å²) in [6.45, 7) is 8.16. The van der Waals surface area contributed by atoms with E-state index in [4.69, 9.17) is 14.4 Å². The summed E-state index contributed by atoms with van der Waals surface area (Å²) in [5.41, 5.74) is 8.02. The van der Waals surface area contributed by atoms with E-state index in [0.717, 1.165) is 49.0 Å². The highest BCUT2D eigenvalue weighted by molar-refractivity contribution is 7.20. The van der Waals surface area contributed by atoms with Crippen molar-refractivity contribution in [2.45, 2.75) is 27.7 Å². The average Bonchev–Trinajstić information content (AvgIpc) is 3.29. The molecular formula is C21H18N4OS. The van der Waals surface area contributed by atoms with Gasteiger partial charge in [0.2, 0.25) is 11.0 Å². The summed E-state index contributed by atoms with van der Waals surface area (Å²) in [6.07, 6.45) is 0. The van der Waals surface area contributed by atoms with E-state index < -0.39 is 0 Å². The molecule has 0 aliphatic carbocycles. The second kappa shape index (κ2) is 5.76. The number of nitrogens with zero attached hydrogens (tertiary/aromatic N) is 4. The first-order valence-electron chi connectivity index (χ1n) is 8.80. The quantitative estimate of drug-likeness (QED) is 0.408. The molecule has 5 nitrogen and oxygen atoms in total. The number of rotatable bonds is 2. The molecule has 2 aromatic carbocycles. The predicted octanol–water partition coefficient (Wildman–Crippen LogP) is 5.52. The van der Waals surface area contributed by atoms with Crippen LogP contribution >= 0.6 is 11.3 Å². The Morgan fingerprint density at radius 1 is 0.926 bits per heavy atom. The maximum Gasteiger partial charge on any atom is 0.227 e. The van der Waals surface area contributed by atoms with Gasteiger partial charge in [0.05, 0.1) is 15.9 Å². The fraction of sp³-hybridized carbons (Fsp3) is 0.190. The van der Waals surface area contributed by atoms with Gasteiger partial charge in [0, 0.05) is 11.3 Å². The normalized spacial score (nSPS) is 11.7. The van der Waals surface area contributed by atoms with Gasteiger partial charge in [-0.05, 0) is 69.2 Å². The Bertz CT molecular complexity index is 1330. The molecule has 0 fully saturated rings. The Morgan fingerprint density at radius 3 is 2.56 bits per heavy atom. The van der Waals surface area contributed by atoms with Crippen molar-refractivity contribution in [1.82, 2.24) is 19.7 Å². The molecule has 27 heavy (non-hydrogen) atoms. The minimum absolute atomic E-state index is 0.640. The largest absolute Gasteiger partial charge is 0.436 e. The van der Waals surface area contributed by atoms with Gasteiger partial charge in [0.25, 0.3) is 0 Å². The summed E-state index contributed by atoms with van der Waals surface area (Å²) in [4.78, 5) is 9.42. The Kier molecular flexibility index (Phi) is 3.45. The lowest BCUT2D eigenvalue weighted by molar-refractivity contribution is 0.617. The number of thiazole rings is 1. The molecule has 0 saturated carbocycles. The van der Waals surface area contributed by atoms with Gasteiger partial charge in [-0.15, -0.1) is 0 Å². The molecule has 0 radical (unpaired) electrons. The van der Waals surface area contributed by atoms with Crippen LogP contribution in [-0.4, -0.2) is 19.7 Å². The zero-order chi connectivity index (χ0) is 18.7. The number of oxazole rings is 1. The van der Waals surface area contributed by atoms with E-state index in [9.17, 15) is 0 Å². The van der Waals surface area contributed by atoms with Gasteiger partial charge in [-0.3, -0.25) is 0 Å². The van der Waals surface area contributed by atoms with Crippen LogP contribution in [0.1, 0.15) is 22.5 Å². The molecule has 134 valence electrons. The van der Waals surface area contributed by atoms with Gasteiger partial charge in [-0.25, -0.2) is 14.6 Å². The van der Waals surface area contributed by atoms with Gasteiger partial charge < -0.3 is 4.42 Å². The number of fused-ring (bicyclic) bond motifs is 2. The lowest BCUT2D eigenvalue weighted by Crippen LogP contribution is -1.97. The van der Waals surface area contributed by atoms with E-state index in [1.165, 1.54) is 5.56 Å². The molecule has 0 aliphatic rings. The monoisotopic (exact) mass is 374 g/mol.